The molecule has 0 aliphatic rings. The molecule has 1 heterocycles. The Balaban J connectivity index is 2.24. The van der Waals surface area contributed by atoms with Gasteiger partial charge < -0.3 is 10.6 Å². The van der Waals surface area contributed by atoms with Gasteiger partial charge in [-0.3, -0.25) is 0 Å². The number of nitrogens with one attached hydrogen (secondary N) is 2. The molecule has 0 radical (unpaired) electrons. The summed E-state index contributed by atoms with van der Waals surface area (Å²) in [6.07, 6.45) is 2.48. The first-order chi connectivity index (χ1) is 10.2. The molecule has 4 heteroatoms. The van der Waals surface area contributed by atoms with Gasteiger partial charge in [-0.1, -0.05) is 32.9 Å². The molecule has 0 saturated carbocycles. The fourth-order valence-electron chi connectivity index (χ4n) is 2.26. The second-order valence-corrected chi connectivity index (χ2v) is 5.34. The van der Waals surface area contributed by atoms with E-state index in [-0.39, 0.29) is 0 Å². The minimum Gasteiger partial charge on any atom is -0.370 e. The number of nitrogens with zero attached hydrogens (tertiary/aromatic N) is 2. The lowest BCUT2D eigenvalue weighted by atomic mass is 10.0. The highest BCUT2D eigenvalue weighted by molar-refractivity contribution is 5.65. The molecule has 21 heavy (non-hydrogen) atoms. The van der Waals surface area contributed by atoms with Crippen LogP contribution < -0.4 is 10.6 Å². The van der Waals surface area contributed by atoms with Gasteiger partial charge in [0.05, 0.1) is 0 Å². The van der Waals surface area contributed by atoms with E-state index < -0.39 is 0 Å². The van der Waals surface area contributed by atoms with Crippen LogP contribution in [0.2, 0.25) is 0 Å². The molecule has 2 aromatic rings. The monoisotopic (exact) mass is 284 g/mol. The van der Waals surface area contributed by atoms with Gasteiger partial charge in [-0.05, 0) is 37.0 Å². The highest BCUT2D eigenvalue weighted by atomic mass is 15.1. The maximum absolute atomic E-state index is 4.38. The van der Waals surface area contributed by atoms with Gasteiger partial charge in [-0.25, -0.2) is 9.97 Å². The summed E-state index contributed by atoms with van der Waals surface area (Å²) in [6.45, 7) is 9.44. The van der Waals surface area contributed by atoms with E-state index in [1.54, 1.807) is 6.33 Å². The quantitative estimate of drug-likeness (QED) is 0.828. The molecule has 4 nitrogen and oxygen atoms in total. The van der Waals surface area contributed by atoms with E-state index in [2.05, 4.69) is 72.6 Å². The molecular formula is C17H24N4. The Labute approximate surface area is 127 Å². The van der Waals surface area contributed by atoms with Crippen molar-refractivity contribution in [2.45, 2.75) is 40.0 Å². The van der Waals surface area contributed by atoms with Crippen LogP contribution >= 0.6 is 0 Å². The number of rotatable bonds is 6. The minimum absolute atomic E-state index is 0.546. The van der Waals surface area contributed by atoms with Crippen LogP contribution in [0.3, 0.4) is 0 Å². The fourth-order valence-corrected chi connectivity index (χ4v) is 2.26. The molecule has 112 valence electrons. The van der Waals surface area contributed by atoms with Crippen LogP contribution in [0.15, 0.2) is 30.6 Å². The first-order valence-electron chi connectivity index (χ1n) is 7.60. The van der Waals surface area contributed by atoms with Crippen molar-refractivity contribution in [2.24, 2.45) is 0 Å². The summed E-state index contributed by atoms with van der Waals surface area (Å²) in [5.41, 5.74) is 3.51. The summed E-state index contributed by atoms with van der Waals surface area (Å²) in [5, 5.41) is 6.68. The third-order valence-corrected chi connectivity index (χ3v) is 3.48. The van der Waals surface area contributed by atoms with Crippen LogP contribution in [0.1, 0.15) is 44.7 Å². The molecule has 0 bridgehead atoms. The highest BCUT2D eigenvalue weighted by Crippen LogP contribution is 2.25. The lowest BCUT2D eigenvalue weighted by molar-refractivity contribution is 0.867. The van der Waals surface area contributed by atoms with Crippen molar-refractivity contribution in [1.29, 1.82) is 0 Å². The Hall–Kier alpha value is -2.10. The van der Waals surface area contributed by atoms with Gasteiger partial charge >= 0.3 is 0 Å². The van der Waals surface area contributed by atoms with E-state index in [1.165, 1.54) is 5.56 Å². The van der Waals surface area contributed by atoms with Crippen molar-refractivity contribution >= 4 is 17.3 Å². The van der Waals surface area contributed by atoms with Gasteiger partial charge in [0.2, 0.25) is 0 Å². The normalized spacial score (nSPS) is 10.7. The van der Waals surface area contributed by atoms with Crippen molar-refractivity contribution in [3.05, 3.63) is 41.7 Å². The Kier molecular flexibility index (Phi) is 5.14. The van der Waals surface area contributed by atoms with Crippen molar-refractivity contribution in [3.63, 3.8) is 0 Å². The largest absolute Gasteiger partial charge is 0.370 e. The molecule has 0 aliphatic carbocycles. The first kappa shape index (κ1) is 15.3. The average Bonchev–Trinajstić information content (AvgIpc) is 2.48. The SMILES string of the molecule is CCNc1ncnc(Nc2ccc(C(C)C)cc2)c1CC. The molecule has 2 rings (SSSR count). The summed E-state index contributed by atoms with van der Waals surface area (Å²) >= 11 is 0. The van der Waals surface area contributed by atoms with E-state index in [9.17, 15) is 0 Å². The van der Waals surface area contributed by atoms with Crippen LogP contribution in [0, 0.1) is 0 Å². The summed E-state index contributed by atoms with van der Waals surface area (Å²) in [4.78, 5) is 8.70. The maximum Gasteiger partial charge on any atom is 0.139 e. The lowest BCUT2D eigenvalue weighted by Gasteiger charge is -2.14. The van der Waals surface area contributed by atoms with E-state index in [1.807, 2.05) is 0 Å². The average molecular weight is 284 g/mol. The minimum atomic E-state index is 0.546. The molecule has 0 unspecified atom stereocenters. The number of hydrogen-bond donors (Lipinski definition) is 2. The predicted molar refractivity (Wildman–Crippen MR) is 89.4 cm³/mol. The zero-order valence-corrected chi connectivity index (χ0v) is 13.3. The number of aromatic nitrogens is 2. The van der Waals surface area contributed by atoms with Gasteiger partial charge in [-0.2, -0.15) is 0 Å². The standard InChI is InChI=1S/C17H24N4/c1-5-15-16(18-6-2)19-11-20-17(15)21-14-9-7-13(8-10-14)12(3)4/h7-12H,5-6H2,1-4H3,(H2,18,19,20,21). The third kappa shape index (κ3) is 3.72. The van der Waals surface area contributed by atoms with Gasteiger partial charge in [0.15, 0.2) is 0 Å². The third-order valence-electron chi connectivity index (χ3n) is 3.48. The van der Waals surface area contributed by atoms with Gasteiger partial charge in [0.1, 0.15) is 18.0 Å². The summed E-state index contributed by atoms with van der Waals surface area (Å²) in [6, 6.07) is 8.52. The second-order valence-electron chi connectivity index (χ2n) is 5.34. The molecule has 0 atom stereocenters. The Bertz CT molecular complexity index is 576. The molecule has 2 N–H and O–H groups in total. The van der Waals surface area contributed by atoms with Crippen molar-refractivity contribution < 1.29 is 0 Å². The van der Waals surface area contributed by atoms with Gasteiger partial charge in [0.25, 0.3) is 0 Å². The van der Waals surface area contributed by atoms with Crippen molar-refractivity contribution in [2.75, 3.05) is 17.2 Å². The number of benzene rings is 1. The molecule has 0 amide bonds. The molecular weight excluding hydrogens is 260 g/mol. The molecule has 0 aliphatic heterocycles. The topological polar surface area (TPSA) is 49.8 Å². The van der Waals surface area contributed by atoms with Crippen LogP contribution in [0.5, 0.6) is 0 Å². The Morgan fingerprint density at radius 3 is 2.24 bits per heavy atom. The zero-order valence-electron chi connectivity index (χ0n) is 13.3. The molecule has 0 fully saturated rings. The predicted octanol–water partition coefficient (Wildman–Crippen LogP) is 4.34. The Morgan fingerprint density at radius 2 is 1.67 bits per heavy atom. The van der Waals surface area contributed by atoms with Crippen molar-refractivity contribution in [3.8, 4) is 0 Å². The smallest absolute Gasteiger partial charge is 0.139 e. The lowest BCUT2D eigenvalue weighted by Crippen LogP contribution is -2.07. The number of hydrogen-bond acceptors (Lipinski definition) is 4. The molecule has 0 saturated heterocycles. The van der Waals surface area contributed by atoms with E-state index in [0.717, 1.165) is 35.9 Å². The highest BCUT2D eigenvalue weighted by Gasteiger charge is 2.09. The van der Waals surface area contributed by atoms with Crippen molar-refractivity contribution in [1.82, 2.24) is 9.97 Å². The van der Waals surface area contributed by atoms with E-state index >= 15 is 0 Å². The van der Waals surface area contributed by atoms with Crippen LogP contribution in [-0.4, -0.2) is 16.5 Å². The van der Waals surface area contributed by atoms with Crippen LogP contribution in [0.25, 0.3) is 0 Å². The Morgan fingerprint density at radius 1 is 1.00 bits per heavy atom. The summed E-state index contributed by atoms with van der Waals surface area (Å²) in [7, 11) is 0. The van der Waals surface area contributed by atoms with Crippen LogP contribution in [0.4, 0.5) is 17.3 Å². The van der Waals surface area contributed by atoms with Crippen LogP contribution in [-0.2, 0) is 6.42 Å². The van der Waals surface area contributed by atoms with Gasteiger partial charge in [-0.15, -0.1) is 0 Å². The molecule has 1 aromatic carbocycles. The zero-order chi connectivity index (χ0) is 15.2. The summed E-state index contributed by atoms with van der Waals surface area (Å²) < 4.78 is 0. The first-order valence-corrected chi connectivity index (χ1v) is 7.60. The second kappa shape index (κ2) is 7.07. The van der Waals surface area contributed by atoms with Gasteiger partial charge in [0, 0.05) is 17.8 Å². The molecule has 1 aromatic heterocycles. The van der Waals surface area contributed by atoms with E-state index in [0.29, 0.717) is 5.92 Å². The maximum atomic E-state index is 4.38. The number of anilines is 3. The van der Waals surface area contributed by atoms with E-state index in [4.69, 9.17) is 0 Å². The molecule has 0 spiro atoms. The fraction of sp³-hybridized carbons (Fsp3) is 0.412. The summed E-state index contributed by atoms with van der Waals surface area (Å²) in [5.74, 6) is 2.33.